The number of hydrogen-bond donors (Lipinski definition) is 0. The average molecular weight is 457 g/mol. The molecule has 3 heterocycles. The summed E-state index contributed by atoms with van der Waals surface area (Å²) in [5.41, 5.74) is 3.57. The maximum atomic E-state index is 13.1. The van der Waals surface area contributed by atoms with Crippen LogP contribution in [0.25, 0.3) is 33.9 Å². The fourth-order valence-corrected chi connectivity index (χ4v) is 4.36. The van der Waals surface area contributed by atoms with E-state index >= 15 is 0 Å². The molecule has 0 unspecified atom stereocenters. The fraction of sp³-hybridized carbons (Fsp3) is 0.200. The van der Waals surface area contributed by atoms with Gasteiger partial charge < -0.3 is 4.74 Å². The number of hydrogen-bond acceptors (Lipinski definition) is 5. The van der Waals surface area contributed by atoms with Crippen molar-refractivity contribution in [3.63, 3.8) is 0 Å². The molecule has 0 saturated carbocycles. The number of imidazole rings is 2. The fourth-order valence-electron chi connectivity index (χ4n) is 4.36. The highest BCUT2D eigenvalue weighted by molar-refractivity contribution is 5.90. The summed E-state index contributed by atoms with van der Waals surface area (Å²) >= 11 is 0. The molecule has 2 aromatic carbocycles. The van der Waals surface area contributed by atoms with Crippen molar-refractivity contribution < 1.29 is 9.53 Å². The topological polar surface area (TPSA) is 92.5 Å². The largest absolute Gasteiger partial charge is 0.462 e. The van der Waals surface area contributed by atoms with Crippen molar-refractivity contribution in [2.24, 2.45) is 14.1 Å². The van der Waals surface area contributed by atoms with Gasteiger partial charge in [-0.2, -0.15) is 4.98 Å². The minimum absolute atomic E-state index is 0.296. The van der Waals surface area contributed by atoms with Crippen LogP contribution in [0.1, 0.15) is 23.0 Å². The summed E-state index contributed by atoms with van der Waals surface area (Å²) in [6, 6.07) is 16.8. The first-order valence-corrected chi connectivity index (χ1v) is 10.9. The van der Waals surface area contributed by atoms with Crippen LogP contribution in [0.15, 0.2) is 64.2 Å². The molecule has 0 aliphatic heterocycles. The molecular formula is C25H23N5O4. The molecule has 34 heavy (non-hydrogen) atoms. The second-order valence-corrected chi connectivity index (χ2v) is 8.03. The quantitative estimate of drug-likeness (QED) is 0.387. The van der Waals surface area contributed by atoms with Crippen LogP contribution in [-0.2, 0) is 18.8 Å². The molecule has 0 spiro atoms. The Morgan fingerprint density at radius 3 is 2.29 bits per heavy atom. The number of benzene rings is 2. The first-order valence-electron chi connectivity index (χ1n) is 10.9. The number of fused-ring (bicyclic) bond motifs is 3. The van der Waals surface area contributed by atoms with E-state index < -0.39 is 17.2 Å². The van der Waals surface area contributed by atoms with E-state index in [1.165, 1.54) is 11.6 Å². The van der Waals surface area contributed by atoms with Crippen molar-refractivity contribution in [1.82, 2.24) is 23.1 Å². The molecule has 0 aliphatic carbocycles. The van der Waals surface area contributed by atoms with Crippen LogP contribution >= 0.6 is 0 Å². The molecule has 5 aromatic rings. The Kier molecular flexibility index (Phi) is 4.97. The van der Waals surface area contributed by atoms with E-state index in [1.807, 2.05) is 54.0 Å². The standard InChI is InChI=1S/C25H23N5O4/c1-5-34-23(32)17-11-13-18(14-12-17)30-19(16-9-7-6-8-10-16)15(2)29-20-21(26-24(29)30)27(3)25(33)28(4)22(20)31/h6-14H,5H2,1-4H3. The predicted octanol–water partition coefficient (Wildman–Crippen LogP) is 2.83. The van der Waals surface area contributed by atoms with Crippen molar-refractivity contribution >= 4 is 22.9 Å². The van der Waals surface area contributed by atoms with Gasteiger partial charge in [-0.3, -0.25) is 22.9 Å². The Morgan fingerprint density at radius 1 is 0.971 bits per heavy atom. The maximum absolute atomic E-state index is 13.1. The van der Waals surface area contributed by atoms with E-state index in [4.69, 9.17) is 9.72 Å². The van der Waals surface area contributed by atoms with Crippen LogP contribution < -0.4 is 11.2 Å². The van der Waals surface area contributed by atoms with E-state index in [9.17, 15) is 14.4 Å². The third-order valence-corrected chi connectivity index (χ3v) is 6.03. The van der Waals surface area contributed by atoms with Crippen molar-refractivity contribution in [2.45, 2.75) is 13.8 Å². The van der Waals surface area contributed by atoms with Crippen molar-refractivity contribution in [3.8, 4) is 16.9 Å². The van der Waals surface area contributed by atoms with Crippen LogP contribution in [0.3, 0.4) is 0 Å². The summed E-state index contributed by atoms with van der Waals surface area (Å²) < 4.78 is 11.3. The van der Waals surface area contributed by atoms with Crippen LogP contribution in [0.4, 0.5) is 0 Å². The lowest BCUT2D eigenvalue weighted by Crippen LogP contribution is -2.37. The molecular weight excluding hydrogens is 434 g/mol. The minimum Gasteiger partial charge on any atom is -0.462 e. The van der Waals surface area contributed by atoms with Crippen LogP contribution in [-0.4, -0.2) is 35.7 Å². The number of esters is 1. The monoisotopic (exact) mass is 457 g/mol. The van der Waals surface area contributed by atoms with Gasteiger partial charge in [0.25, 0.3) is 5.56 Å². The van der Waals surface area contributed by atoms with Gasteiger partial charge >= 0.3 is 11.7 Å². The van der Waals surface area contributed by atoms with Gasteiger partial charge in [0.1, 0.15) is 0 Å². The van der Waals surface area contributed by atoms with Crippen LogP contribution in [0.2, 0.25) is 0 Å². The van der Waals surface area contributed by atoms with Crippen molar-refractivity contribution in [1.29, 1.82) is 0 Å². The highest BCUT2D eigenvalue weighted by atomic mass is 16.5. The SMILES string of the molecule is CCOC(=O)c1ccc(-n2c(-c3ccccc3)c(C)n3c4c(=O)n(C)c(=O)n(C)c4nc23)cc1. The Labute approximate surface area is 194 Å². The average Bonchev–Trinajstić information content (AvgIpc) is 3.37. The summed E-state index contributed by atoms with van der Waals surface area (Å²) in [4.78, 5) is 42.5. The third kappa shape index (κ3) is 3.01. The molecule has 9 nitrogen and oxygen atoms in total. The Balaban J connectivity index is 1.89. The zero-order valence-electron chi connectivity index (χ0n) is 19.3. The second-order valence-electron chi connectivity index (χ2n) is 8.03. The molecule has 3 aromatic heterocycles. The van der Waals surface area contributed by atoms with Gasteiger partial charge in [0.15, 0.2) is 11.2 Å². The molecule has 0 atom stereocenters. The first kappa shape index (κ1) is 21.4. The zero-order chi connectivity index (χ0) is 24.1. The Hall–Kier alpha value is -4.40. The van der Waals surface area contributed by atoms with Gasteiger partial charge in [0.05, 0.1) is 17.9 Å². The molecule has 172 valence electrons. The summed E-state index contributed by atoms with van der Waals surface area (Å²) in [5, 5.41) is 0. The number of carbonyl (C=O) groups excluding carboxylic acids is 1. The summed E-state index contributed by atoms with van der Waals surface area (Å²) in [5.74, 6) is 0.102. The van der Waals surface area contributed by atoms with Gasteiger partial charge in [-0.05, 0) is 38.1 Å². The first-order chi connectivity index (χ1) is 16.3. The number of aromatic nitrogens is 5. The van der Waals surface area contributed by atoms with Gasteiger partial charge in [-0.15, -0.1) is 0 Å². The van der Waals surface area contributed by atoms with Crippen LogP contribution in [0.5, 0.6) is 0 Å². The number of ether oxygens (including phenoxy) is 1. The molecule has 0 saturated heterocycles. The van der Waals surface area contributed by atoms with Crippen LogP contribution in [0, 0.1) is 6.92 Å². The Morgan fingerprint density at radius 2 is 1.65 bits per heavy atom. The molecule has 0 radical (unpaired) electrons. The molecule has 0 amide bonds. The molecule has 0 bridgehead atoms. The lowest BCUT2D eigenvalue weighted by Gasteiger charge is -2.11. The van der Waals surface area contributed by atoms with Gasteiger partial charge in [-0.25, -0.2) is 9.59 Å². The highest BCUT2D eigenvalue weighted by Gasteiger charge is 2.25. The smallest absolute Gasteiger partial charge is 0.338 e. The summed E-state index contributed by atoms with van der Waals surface area (Å²) in [7, 11) is 3.06. The normalized spacial score (nSPS) is 11.4. The van der Waals surface area contributed by atoms with Gasteiger partial charge in [0, 0.05) is 31.0 Å². The number of aryl methyl sites for hydroxylation is 2. The number of rotatable bonds is 4. The molecule has 5 rings (SSSR count). The number of carbonyl (C=O) groups is 1. The van der Waals surface area contributed by atoms with E-state index in [-0.39, 0.29) is 0 Å². The Bertz CT molecular complexity index is 1690. The minimum atomic E-state index is -0.440. The van der Waals surface area contributed by atoms with Gasteiger partial charge in [-0.1, -0.05) is 30.3 Å². The lowest BCUT2D eigenvalue weighted by atomic mass is 10.1. The summed E-state index contributed by atoms with van der Waals surface area (Å²) in [6.07, 6.45) is 0. The predicted molar refractivity (Wildman–Crippen MR) is 129 cm³/mol. The van der Waals surface area contributed by atoms with Gasteiger partial charge in [0.2, 0.25) is 5.78 Å². The maximum Gasteiger partial charge on any atom is 0.338 e. The zero-order valence-corrected chi connectivity index (χ0v) is 19.3. The van der Waals surface area contributed by atoms with E-state index in [0.717, 1.165) is 27.2 Å². The van der Waals surface area contributed by atoms with Crippen molar-refractivity contribution in [3.05, 3.63) is 86.7 Å². The van der Waals surface area contributed by atoms with E-state index in [0.29, 0.717) is 29.1 Å². The molecule has 0 aliphatic rings. The third-order valence-electron chi connectivity index (χ3n) is 6.03. The van der Waals surface area contributed by atoms with E-state index in [2.05, 4.69) is 0 Å². The molecule has 9 heteroatoms. The summed E-state index contributed by atoms with van der Waals surface area (Å²) in [6.45, 7) is 3.98. The number of nitrogens with zero attached hydrogens (tertiary/aromatic N) is 5. The lowest BCUT2D eigenvalue weighted by molar-refractivity contribution is 0.0526. The van der Waals surface area contributed by atoms with E-state index in [1.54, 1.807) is 30.5 Å². The second kappa shape index (κ2) is 7.87. The highest BCUT2D eigenvalue weighted by Crippen LogP contribution is 2.32. The van der Waals surface area contributed by atoms with Crippen molar-refractivity contribution in [2.75, 3.05) is 6.61 Å². The molecule has 0 fully saturated rings. The molecule has 0 N–H and O–H groups in total.